The fourth-order valence-corrected chi connectivity index (χ4v) is 5.58. The van der Waals surface area contributed by atoms with Crippen LogP contribution < -0.4 is 0 Å². The van der Waals surface area contributed by atoms with Crippen LogP contribution in [0.1, 0.15) is 53.9 Å². The Morgan fingerprint density at radius 3 is 2.68 bits per heavy atom. The average molecular weight is 395 g/mol. The van der Waals surface area contributed by atoms with E-state index in [1.165, 1.54) is 12.5 Å². The first-order chi connectivity index (χ1) is 13.1. The summed E-state index contributed by atoms with van der Waals surface area (Å²) in [5.41, 5.74) is 0.528. The Morgan fingerprint density at radius 2 is 2.11 bits per heavy atom. The van der Waals surface area contributed by atoms with Gasteiger partial charge in [0.25, 0.3) is 0 Å². The molecule has 28 heavy (non-hydrogen) atoms. The predicted molar refractivity (Wildman–Crippen MR) is 104 cm³/mol. The molecule has 3 rings (SSSR count). The molecule has 3 aliphatic rings. The molecule has 0 amide bonds. The highest BCUT2D eigenvalue weighted by atomic mass is 17.1. The van der Waals surface area contributed by atoms with Crippen molar-refractivity contribution in [3.05, 3.63) is 23.8 Å². The summed E-state index contributed by atoms with van der Waals surface area (Å²) in [5, 5.41) is 21.1. The minimum Gasteiger partial charge on any atom is -0.459 e. The summed E-state index contributed by atoms with van der Waals surface area (Å²) in [6.45, 7) is 13.6. The Bertz CT molecular complexity index is 651. The van der Waals surface area contributed by atoms with Gasteiger partial charge in [-0.05, 0) is 44.1 Å². The second kappa shape index (κ2) is 7.90. The maximum Gasteiger partial charge on any atom is 0.303 e. The molecule has 0 spiro atoms. The van der Waals surface area contributed by atoms with Crippen LogP contribution in [0.4, 0.5) is 0 Å². The maximum absolute atomic E-state index is 11.8. The molecule has 2 N–H and O–H groups in total. The second-order valence-corrected chi connectivity index (χ2v) is 9.31. The standard InChI is InChI=1S/C22H34O6/c1-11(2)15-8-7-12(3)19-17-9-13(4)16(28-25)10-18(26-14(5)23)22(6,24)21(27-17)20(15)19/h7,11,15-21,24-25H,4,8-10H2,1-3,5-6H3. The van der Waals surface area contributed by atoms with Crippen LogP contribution in [0.2, 0.25) is 0 Å². The van der Waals surface area contributed by atoms with Crippen LogP contribution in [0.15, 0.2) is 23.8 Å². The Kier molecular flexibility index (Phi) is 6.07. The molecule has 158 valence electrons. The number of rotatable bonds is 3. The van der Waals surface area contributed by atoms with Gasteiger partial charge in [-0.15, -0.1) is 0 Å². The Hall–Kier alpha value is -1.21. The molecule has 0 aromatic rings. The lowest BCUT2D eigenvalue weighted by Gasteiger charge is -2.45. The van der Waals surface area contributed by atoms with Crippen LogP contribution in [-0.4, -0.2) is 46.3 Å². The fourth-order valence-electron chi connectivity index (χ4n) is 5.58. The fraction of sp³-hybridized carbons (Fsp3) is 0.773. The van der Waals surface area contributed by atoms with Gasteiger partial charge >= 0.3 is 5.97 Å². The van der Waals surface area contributed by atoms with Crippen molar-refractivity contribution >= 4 is 5.97 Å². The van der Waals surface area contributed by atoms with E-state index in [1.54, 1.807) is 6.92 Å². The van der Waals surface area contributed by atoms with Crippen LogP contribution in [-0.2, 0) is 19.2 Å². The summed E-state index contributed by atoms with van der Waals surface area (Å²) in [6.07, 6.45) is 1.67. The number of allylic oxidation sites excluding steroid dienone is 1. The summed E-state index contributed by atoms with van der Waals surface area (Å²) < 4.78 is 12.0. The third-order valence-electron chi connectivity index (χ3n) is 7.08. The summed E-state index contributed by atoms with van der Waals surface area (Å²) >= 11 is 0. The highest BCUT2D eigenvalue weighted by Gasteiger charge is 2.59. The number of ether oxygens (including phenoxy) is 2. The Balaban J connectivity index is 2.08. The SMILES string of the molecule is C=C1CC2OC(C3C(C(C)C)CC=C(C)C23)C(C)(O)C(OC(C)=O)CC1OO. The van der Waals surface area contributed by atoms with Crippen molar-refractivity contribution in [2.75, 3.05) is 0 Å². The lowest BCUT2D eigenvalue weighted by atomic mass is 9.62. The highest BCUT2D eigenvalue weighted by molar-refractivity contribution is 5.66. The largest absolute Gasteiger partial charge is 0.459 e. The zero-order valence-corrected chi connectivity index (χ0v) is 17.6. The predicted octanol–water partition coefficient (Wildman–Crippen LogP) is 3.50. The van der Waals surface area contributed by atoms with Gasteiger partial charge in [0.15, 0.2) is 0 Å². The van der Waals surface area contributed by atoms with Gasteiger partial charge in [-0.25, -0.2) is 4.89 Å². The summed E-state index contributed by atoms with van der Waals surface area (Å²) in [6, 6.07) is 0. The zero-order chi connectivity index (χ0) is 20.8. The molecule has 6 heteroatoms. The zero-order valence-electron chi connectivity index (χ0n) is 17.6. The van der Waals surface area contributed by atoms with Crippen LogP contribution in [0.5, 0.6) is 0 Å². The first-order valence-electron chi connectivity index (χ1n) is 10.3. The smallest absolute Gasteiger partial charge is 0.303 e. The van der Waals surface area contributed by atoms with E-state index in [0.717, 1.165) is 6.42 Å². The average Bonchev–Trinajstić information content (AvgIpc) is 2.99. The van der Waals surface area contributed by atoms with Crippen molar-refractivity contribution in [3.8, 4) is 0 Å². The lowest BCUT2D eigenvalue weighted by Crippen LogP contribution is -2.56. The molecule has 1 aliphatic carbocycles. The van der Waals surface area contributed by atoms with E-state index in [0.29, 0.717) is 23.8 Å². The molecular formula is C22H34O6. The van der Waals surface area contributed by atoms with Gasteiger partial charge in [-0.2, -0.15) is 0 Å². The number of fused-ring (bicyclic) bond motifs is 5. The van der Waals surface area contributed by atoms with Crippen LogP contribution in [0.3, 0.4) is 0 Å². The molecule has 2 heterocycles. The molecule has 0 aromatic heterocycles. The Morgan fingerprint density at radius 1 is 1.43 bits per heavy atom. The second-order valence-electron chi connectivity index (χ2n) is 9.31. The monoisotopic (exact) mass is 394 g/mol. The molecular weight excluding hydrogens is 360 g/mol. The van der Waals surface area contributed by atoms with Gasteiger partial charge in [0.1, 0.15) is 17.8 Å². The topological polar surface area (TPSA) is 85.2 Å². The molecule has 2 bridgehead atoms. The molecule has 0 saturated carbocycles. The summed E-state index contributed by atoms with van der Waals surface area (Å²) in [4.78, 5) is 16.4. The van der Waals surface area contributed by atoms with E-state index < -0.39 is 29.9 Å². The molecule has 6 nitrogen and oxygen atoms in total. The van der Waals surface area contributed by atoms with Gasteiger partial charge in [0, 0.05) is 25.2 Å². The van der Waals surface area contributed by atoms with E-state index in [4.69, 9.17) is 9.47 Å². The van der Waals surface area contributed by atoms with E-state index in [-0.39, 0.29) is 24.4 Å². The number of carbonyl (C=O) groups excluding carboxylic acids is 1. The molecule has 2 saturated heterocycles. The van der Waals surface area contributed by atoms with E-state index >= 15 is 0 Å². The first kappa shape index (κ1) is 21.5. The van der Waals surface area contributed by atoms with Crippen molar-refractivity contribution in [2.45, 2.75) is 83.9 Å². The van der Waals surface area contributed by atoms with Gasteiger partial charge in [-0.1, -0.05) is 32.1 Å². The molecule has 2 aliphatic heterocycles. The number of aliphatic hydroxyl groups is 1. The van der Waals surface area contributed by atoms with Gasteiger partial charge in [0.2, 0.25) is 0 Å². The van der Waals surface area contributed by atoms with Crippen LogP contribution >= 0.6 is 0 Å². The quantitative estimate of drug-likeness (QED) is 0.330. The number of hydrogen-bond acceptors (Lipinski definition) is 6. The first-order valence-corrected chi connectivity index (χ1v) is 10.3. The van der Waals surface area contributed by atoms with Crippen molar-refractivity contribution in [3.63, 3.8) is 0 Å². The molecule has 0 radical (unpaired) electrons. The highest BCUT2D eigenvalue weighted by Crippen LogP contribution is 2.54. The van der Waals surface area contributed by atoms with E-state index in [2.05, 4.69) is 38.3 Å². The van der Waals surface area contributed by atoms with E-state index in [9.17, 15) is 15.2 Å². The lowest BCUT2D eigenvalue weighted by molar-refractivity contribution is -0.278. The van der Waals surface area contributed by atoms with Crippen molar-refractivity contribution in [2.24, 2.45) is 23.7 Å². The number of carbonyl (C=O) groups is 1. The third kappa shape index (κ3) is 3.67. The van der Waals surface area contributed by atoms with E-state index in [1.807, 2.05) is 0 Å². The summed E-state index contributed by atoms with van der Waals surface area (Å²) in [5.74, 6) is 0.598. The van der Waals surface area contributed by atoms with Crippen molar-refractivity contribution in [1.82, 2.24) is 0 Å². The van der Waals surface area contributed by atoms with Crippen LogP contribution in [0, 0.1) is 23.7 Å². The molecule has 8 atom stereocenters. The molecule has 2 fully saturated rings. The summed E-state index contributed by atoms with van der Waals surface area (Å²) in [7, 11) is 0. The third-order valence-corrected chi connectivity index (χ3v) is 7.08. The molecule has 8 unspecified atom stereocenters. The Labute approximate surface area is 167 Å². The number of hydrogen-bond donors (Lipinski definition) is 2. The minimum absolute atomic E-state index is 0.127. The normalized spacial score (nSPS) is 43.6. The number of esters is 1. The van der Waals surface area contributed by atoms with Crippen molar-refractivity contribution in [1.29, 1.82) is 0 Å². The van der Waals surface area contributed by atoms with Crippen LogP contribution in [0.25, 0.3) is 0 Å². The maximum atomic E-state index is 11.8. The van der Waals surface area contributed by atoms with Gasteiger partial charge in [0.05, 0.1) is 12.2 Å². The molecule has 0 aromatic carbocycles. The minimum atomic E-state index is -1.42. The van der Waals surface area contributed by atoms with Crippen molar-refractivity contribution < 1.29 is 29.5 Å². The van der Waals surface area contributed by atoms with Gasteiger partial charge in [-0.3, -0.25) is 10.1 Å². The van der Waals surface area contributed by atoms with Gasteiger partial charge < -0.3 is 14.6 Å².